The van der Waals surface area contributed by atoms with E-state index in [0.29, 0.717) is 0 Å². The Morgan fingerprint density at radius 2 is 2.50 bits per heavy atom. The van der Waals surface area contributed by atoms with Gasteiger partial charge in [-0.2, -0.15) is 17.8 Å². The Hall–Kier alpha value is -0.580. The van der Waals surface area contributed by atoms with Crippen molar-refractivity contribution in [3.63, 3.8) is 0 Å². The highest BCUT2D eigenvalue weighted by atomic mass is 32.1. The second-order valence-electron chi connectivity index (χ2n) is 1.30. The van der Waals surface area contributed by atoms with Gasteiger partial charge in [0.25, 0.3) is 0 Å². The molecule has 0 radical (unpaired) electrons. The average molecular weight is 130 g/mol. The Morgan fingerprint density at radius 3 is 3.00 bits per heavy atom. The molecule has 0 aliphatic heterocycles. The molecule has 0 fully saturated rings. The van der Waals surface area contributed by atoms with E-state index in [1.165, 1.54) is 0 Å². The molecule has 1 aromatic heterocycles. The van der Waals surface area contributed by atoms with E-state index < -0.39 is 0 Å². The Kier molecular flexibility index (Phi) is 1.85. The fourth-order valence-electron chi connectivity index (χ4n) is 0.388. The predicted molar refractivity (Wildman–Crippen MR) is 31.7 cm³/mol. The molecule has 0 saturated carbocycles. The third kappa shape index (κ3) is 1.19. The second kappa shape index (κ2) is 2.66. The first-order chi connectivity index (χ1) is 3.93. The van der Waals surface area contributed by atoms with Crippen molar-refractivity contribution >= 4 is 12.6 Å². The lowest BCUT2D eigenvalue weighted by atomic mass is 10.5. The molecule has 0 aliphatic rings. The summed E-state index contributed by atoms with van der Waals surface area (Å²) in [5.74, 6) is 1.49. The maximum atomic E-state index is 3.99. The van der Waals surface area contributed by atoms with E-state index in [-0.39, 0.29) is 0 Å². The molecule has 4 nitrogen and oxygen atoms in total. The van der Waals surface area contributed by atoms with E-state index in [2.05, 4.69) is 33.3 Å². The van der Waals surface area contributed by atoms with Gasteiger partial charge in [0.1, 0.15) is 0 Å². The molecule has 0 bridgehead atoms. The van der Waals surface area contributed by atoms with Crippen LogP contribution in [-0.4, -0.2) is 26.4 Å². The van der Waals surface area contributed by atoms with Crippen LogP contribution in [0.15, 0.2) is 0 Å². The number of hydrogen-bond donors (Lipinski definition) is 2. The minimum absolute atomic E-state index is 0.722. The number of nitrogens with zero attached hydrogens (tertiary/aromatic N) is 3. The number of rotatable bonds is 2. The number of aromatic nitrogens is 4. The molecular weight excluding hydrogens is 124 g/mol. The maximum absolute atomic E-state index is 3.99. The number of nitrogens with one attached hydrogen (secondary N) is 1. The summed E-state index contributed by atoms with van der Waals surface area (Å²) in [6.45, 7) is 0. The lowest BCUT2D eigenvalue weighted by Gasteiger charge is -1.80. The molecule has 0 spiro atoms. The molecule has 0 aliphatic carbocycles. The van der Waals surface area contributed by atoms with Crippen LogP contribution in [-0.2, 0) is 6.42 Å². The summed E-state index contributed by atoms with van der Waals surface area (Å²) >= 11 is 3.99. The van der Waals surface area contributed by atoms with Gasteiger partial charge in [-0.25, -0.2) is 0 Å². The molecule has 0 saturated heterocycles. The zero-order chi connectivity index (χ0) is 5.82. The average Bonchev–Trinajstić information content (AvgIpc) is 2.19. The highest BCUT2D eigenvalue weighted by molar-refractivity contribution is 7.80. The van der Waals surface area contributed by atoms with Gasteiger partial charge >= 0.3 is 0 Å². The third-order valence-corrected chi connectivity index (χ3v) is 0.948. The molecule has 5 heteroatoms. The van der Waals surface area contributed by atoms with E-state index in [4.69, 9.17) is 0 Å². The Morgan fingerprint density at radius 1 is 1.62 bits per heavy atom. The number of aryl methyl sites for hydroxylation is 1. The Labute approximate surface area is 52.1 Å². The lowest BCUT2D eigenvalue weighted by molar-refractivity contribution is 0.881. The van der Waals surface area contributed by atoms with Gasteiger partial charge < -0.3 is 0 Å². The van der Waals surface area contributed by atoms with Crippen LogP contribution < -0.4 is 0 Å². The number of tetrazole rings is 1. The first-order valence-corrected chi connectivity index (χ1v) is 2.90. The maximum Gasteiger partial charge on any atom is 0.175 e. The molecule has 44 valence electrons. The van der Waals surface area contributed by atoms with Crippen molar-refractivity contribution in [1.82, 2.24) is 20.6 Å². The van der Waals surface area contributed by atoms with Crippen molar-refractivity contribution in [1.29, 1.82) is 0 Å². The fourth-order valence-corrected chi connectivity index (χ4v) is 0.588. The SMILES string of the molecule is SCCc1nn[nH]n1. The topological polar surface area (TPSA) is 54.5 Å². The van der Waals surface area contributed by atoms with Crippen LogP contribution >= 0.6 is 12.6 Å². The van der Waals surface area contributed by atoms with E-state index in [9.17, 15) is 0 Å². The van der Waals surface area contributed by atoms with E-state index in [1.807, 2.05) is 0 Å². The molecule has 1 heterocycles. The molecule has 0 atom stereocenters. The number of thiol groups is 1. The van der Waals surface area contributed by atoms with Crippen LogP contribution in [0.3, 0.4) is 0 Å². The van der Waals surface area contributed by atoms with Crippen LogP contribution in [0.5, 0.6) is 0 Å². The normalized spacial score (nSPS) is 9.62. The monoisotopic (exact) mass is 130 g/mol. The first kappa shape index (κ1) is 5.55. The van der Waals surface area contributed by atoms with Gasteiger partial charge in [0.15, 0.2) is 5.82 Å². The summed E-state index contributed by atoms with van der Waals surface area (Å²) in [5, 5.41) is 13.1. The Balaban J connectivity index is 2.50. The van der Waals surface area contributed by atoms with Gasteiger partial charge in [-0.15, -0.1) is 10.2 Å². The quantitative estimate of drug-likeness (QED) is 0.539. The smallest absolute Gasteiger partial charge is 0.175 e. The molecule has 8 heavy (non-hydrogen) atoms. The molecule has 1 aromatic rings. The van der Waals surface area contributed by atoms with Gasteiger partial charge in [-0.05, 0) is 5.75 Å². The fraction of sp³-hybridized carbons (Fsp3) is 0.667. The van der Waals surface area contributed by atoms with Crippen LogP contribution in [0.2, 0.25) is 0 Å². The summed E-state index contributed by atoms with van der Waals surface area (Å²) in [4.78, 5) is 0. The molecule has 0 unspecified atom stereocenters. The van der Waals surface area contributed by atoms with Crippen molar-refractivity contribution in [3.8, 4) is 0 Å². The van der Waals surface area contributed by atoms with Crippen LogP contribution in [0.4, 0.5) is 0 Å². The highest BCUT2D eigenvalue weighted by Crippen LogP contribution is 1.85. The zero-order valence-corrected chi connectivity index (χ0v) is 5.10. The van der Waals surface area contributed by atoms with Gasteiger partial charge in [0.05, 0.1) is 0 Å². The van der Waals surface area contributed by atoms with E-state index >= 15 is 0 Å². The van der Waals surface area contributed by atoms with Gasteiger partial charge in [-0.3, -0.25) is 0 Å². The van der Waals surface area contributed by atoms with Gasteiger partial charge in [-0.1, -0.05) is 5.21 Å². The highest BCUT2D eigenvalue weighted by Gasteiger charge is 1.91. The Bertz CT molecular complexity index is 137. The van der Waals surface area contributed by atoms with Crippen molar-refractivity contribution in [3.05, 3.63) is 5.82 Å². The summed E-state index contributed by atoms with van der Waals surface area (Å²) in [7, 11) is 0. The van der Waals surface area contributed by atoms with E-state index in [1.54, 1.807) is 0 Å². The van der Waals surface area contributed by atoms with Crippen LogP contribution in [0, 0.1) is 0 Å². The standard InChI is InChI=1S/C3H6N4S/c8-2-1-3-4-6-7-5-3/h8H,1-2H2,(H,4,5,6,7). The van der Waals surface area contributed by atoms with Crippen molar-refractivity contribution < 1.29 is 0 Å². The molecular formula is C3H6N4S. The second-order valence-corrected chi connectivity index (χ2v) is 1.75. The number of hydrogen-bond acceptors (Lipinski definition) is 4. The summed E-state index contributed by atoms with van der Waals surface area (Å²) < 4.78 is 0. The lowest BCUT2D eigenvalue weighted by Crippen LogP contribution is -1.87. The zero-order valence-electron chi connectivity index (χ0n) is 4.20. The molecule has 1 N–H and O–H groups in total. The summed E-state index contributed by atoms with van der Waals surface area (Å²) in [6.07, 6.45) is 0.777. The van der Waals surface area contributed by atoms with Crippen molar-refractivity contribution in [2.24, 2.45) is 0 Å². The van der Waals surface area contributed by atoms with Crippen LogP contribution in [0.25, 0.3) is 0 Å². The van der Waals surface area contributed by atoms with Crippen molar-refractivity contribution in [2.45, 2.75) is 6.42 Å². The predicted octanol–water partition coefficient (Wildman–Crippen LogP) is -0.328. The summed E-state index contributed by atoms with van der Waals surface area (Å²) in [5.41, 5.74) is 0. The molecule has 0 amide bonds. The largest absolute Gasteiger partial charge is 0.179 e. The third-order valence-electron chi connectivity index (χ3n) is 0.725. The summed E-state index contributed by atoms with van der Waals surface area (Å²) in [6, 6.07) is 0. The molecule has 0 aromatic carbocycles. The van der Waals surface area contributed by atoms with Gasteiger partial charge in [0, 0.05) is 6.42 Å². The molecule has 1 rings (SSSR count). The van der Waals surface area contributed by atoms with Gasteiger partial charge in [0.2, 0.25) is 0 Å². The minimum Gasteiger partial charge on any atom is -0.179 e. The van der Waals surface area contributed by atoms with Crippen molar-refractivity contribution in [2.75, 3.05) is 5.75 Å². The number of H-pyrrole nitrogens is 1. The van der Waals surface area contributed by atoms with Crippen LogP contribution in [0.1, 0.15) is 5.82 Å². The minimum atomic E-state index is 0.722. The van der Waals surface area contributed by atoms with E-state index in [0.717, 1.165) is 18.0 Å². The first-order valence-electron chi connectivity index (χ1n) is 2.26. The number of aromatic amines is 1.